The van der Waals surface area contributed by atoms with Crippen LogP contribution >= 0.6 is 0 Å². The quantitative estimate of drug-likeness (QED) is 0.222. The van der Waals surface area contributed by atoms with Crippen LogP contribution in [-0.4, -0.2) is 93.1 Å². The zero-order valence-electron chi connectivity index (χ0n) is 26.0. The molecule has 8 aliphatic rings. The predicted molar refractivity (Wildman–Crippen MR) is 145 cm³/mol. The number of hydrogen-bond donors (Lipinski definition) is 3. The normalized spacial score (nSPS) is 62.4. The third-order valence-electron chi connectivity index (χ3n) is 14.5. The molecule has 8 rings (SSSR count). The highest BCUT2D eigenvalue weighted by Crippen LogP contribution is 2.80. The minimum atomic E-state index is -2.01. The average molecular weight is 619 g/mol. The first-order valence-corrected chi connectivity index (χ1v) is 15.9. The van der Waals surface area contributed by atoms with E-state index in [1.165, 1.54) is 20.8 Å². The SMILES string of the molecule is CC(=O)O[C@H]1C[C@H]2[C@H]([C@@H]3[C@@H](O)[C@@H]4[C@H]([C@H](C)[C@@H]5O[C@@]56OC(=O)[C@@](C)(O)[C@]46C)[C@]31C)[C@@H](O)C(=O)[C@H]1C[C@@H]3O[C@@H]3[C@H](OC(C)=O)[C@@]12C. The van der Waals surface area contributed by atoms with Gasteiger partial charge in [0.1, 0.15) is 30.5 Å². The lowest BCUT2D eigenvalue weighted by Crippen LogP contribution is -2.70. The fourth-order valence-corrected chi connectivity index (χ4v) is 12.5. The van der Waals surface area contributed by atoms with E-state index in [0.29, 0.717) is 6.42 Å². The number of aliphatic hydroxyl groups excluding tert-OH is 2. The van der Waals surface area contributed by atoms with E-state index in [9.17, 15) is 34.5 Å². The number of epoxide rings is 2. The fraction of sp³-hybridized carbons (Fsp3) is 0.875. The van der Waals surface area contributed by atoms with Crippen molar-refractivity contribution in [2.75, 3.05) is 0 Å². The first-order valence-electron chi connectivity index (χ1n) is 15.9. The Bertz CT molecular complexity index is 1390. The smallest absolute Gasteiger partial charge is 0.341 e. The van der Waals surface area contributed by atoms with E-state index >= 15 is 0 Å². The first-order chi connectivity index (χ1) is 20.4. The predicted octanol–water partition coefficient (Wildman–Crippen LogP) is 0.511. The maximum atomic E-state index is 14.2. The zero-order chi connectivity index (χ0) is 31.8. The molecule has 0 unspecified atom stereocenters. The molecule has 3 N–H and O–H groups in total. The third kappa shape index (κ3) is 2.91. The van der Waals surface area contributed by atoms with E-state index < -0.39 is 112 Å². The maximum absolute atomic E-state index is 14.2. The second kappa shape index (κ2) is 8.23. The summed E-state index contributed by atoms with van der Waals surface area (Å²) in [6.07, 6.45) is -4.77. The highest BCUT2D eigenvalue weighted by Gasteiger charge is 2.92. The highest BCUT2D eigenvalue weighted by molar-refractivity contribution is 5.88. The van der Waals surface area contributed by atoms with Gasteiger partial charge in [0, 0.05) is 48.3 Å². The molecule has 3 saturated heterocycles. The molecule has 12 nitrogen and oxygen atoms in total. The van der Waals surface area contributed by atoms with Gasteiger partial charge in [0.25, 0.3) is 0 Å². The van der Waals surface area contributed by atoms with Crippen molar-refractivity contribution in [3.05, 3.63) is 0 Å². The molecule has 8 fully saturated rings. The van der Waals surface area contributed by atoms with Gasteiger partial charge in [-0.3, -0.25) is 14.4 Å². The van der Waals surface area contributed by atoms with E-state index in [-0.39, 0.29) is 30.3 Å². The molecule has 0 amide bonds. The molecular formula is C32H42O12. The van der Waals surface area contributed by atoms with Crippen LogP contribution in [0.4, 0.5) is 0 Å². The van der Waals surface area contributed by atoms with Crippen molar-refractivity contribution in [2.45, 2.75) is 115 Å². The molecule has 19 atom stereocenters. The van der Waals surface area contributed by atoms with E-state index in [4.69, 9.17) is 23.7 Å². The Kier molecular flexibility index (Phi) is 5.48. The lowest BCUT2D eigenvalue weighted by Gasteiger charge is -2.63. The summed E-state index contributed by atoms with van der Waals surface area (Å²) in [7, 11) is 0. The molecular weight excluding hydrogens is 576 g/mol. The van der Waals surface area contributed by atoms with Crippen LogP contribution in [0, 0.1) is 57.7 Å². The molecule has 0 bridgehead atoms. The minimum Gasteiger partial charge on any atom is -0.462 e. The van der Waals surface area contributed by atoms with Crippen molar-refractivity contribution in [1.29, 1.82) is 0 Å². The van der Waals surface area contributed by atoms with Gasteiger partial charge in [-0.1, -0.05) is 20.8 Å². The molecule has 44 heavy (non-hydrogen) atoms. The van der Waals surface area contributed by atoms with Crippen molar-refractivity contribution in [3.8, 4) is 0 Å². The number of rotatable bonds is 2. The van der Waals surface area contributed by atoms with Crippen LogP contribution in [0.15, 0.2) is 0 Å². The number of ether oxygens (including phenoxy) is 5. The van der Waals surface area contributed by atoms with Crippen LogP contribution in [0.2, 0.25) is 0 Å². The number of carbonyl (C=O) groups excluding carboxylic acids is 4. The van der Waals surface area contributed by atoms with Crippen molar-refractivity contribution < 1.29 is 58.2 Å². The van der Waals surface area contributed by atoms with Gasteiger partial charge in [0.05, 0.1) is 17.6 Å². The van der Waals surface area contributed by atoms with Crippen LogP contribution in [0.3, 0.4) is 0 Å². The van der Waals surface area contributed by atoms with Gasteiger partial charge in [-0.25, -0.2) is 4.79 Å². The molecule has 1 spiro atoms. The molecule has 242 valence electrons. The topological polar surface area (TPSA) is 182 Å². The van der Waals surface area contributed by atoms with Crippen LogP contribution in [0.5, 0.6) is 0 Å². The Morgan fingerprint density at radius 2 is 1.59 bits per heavy atom. The summed E-state index contributed by atoms with van der Waals surface area (Å²) >= 11 is 0. The van der Waals surface area contributed by atoms with Crippen molar-refractivity contribution in [3.63, 3.8) is 0 Å². The van der Waals surface area contributed by atoms with Gasteiger partial charge in [0.2, 0.25) is 5.79 Å². The zero-order valence-corrected chi connectivity index (χ0v) is 26.0. The Morgan fingerprint density at radius 1 is 0.932 bits per heavy atom. The Labute approximate surface area is 255 Å². The van der Waals surface area contributed by atoms with Crippen molar-refractivity contribution >= 4 is 23.7 Å². The standard InChI is InChI=1S/C32H42O12/c1-10-18-20(30(6)31(7,39)27(38)44-32(30)25(10)43-32)23(37)19-17-13(9-16(29(18,19)5)40-11(2)33)28(4)14(21(35)22(17)36)8-15-24(42-15)26(28)41-12(3)34/h10,13-20,22-26,36-37,39H,8-9H2,1-7H3/t10-,13-,14+,15-,16-,17+,18-,19+,20-,22+,23+,24-,25-,26-,28+,29+,30-,31+,32+/m0/s1. The highest BCUT2D eigenvalue weighted by atomic mass is 16.8. The van der Waals surface area contributed by atoms with Crippen LogP contribution in [-0.2, 0) is 42.9 Å². The first kappa shape index (κ1) is 29.3. The van der Waals surface area contributed by atoms with Gasteiger partial charge in [-0.05, 0) is 44.4 Å². The monoisotopic (exact) mass is 618 g/mol. The van der Waals surface area contributed by atoms with Crippen molar-refractivity contribution in [2.24, 2.45) is 57.7 Å². The summed E-state index contributed by atoms with van der Waals surface area (Å²) < 4.78 is 29.9. The lowest BCUT2D eigenvalue weighted by molar-refractivity contribution is -0.234. The van der Waals surface area contributed by atoms with E-state index in [1.54, 1.807) is 6.92 Å². The molecule has 5 aliphatic carbocycles. The Morgan fingerprint density at radius 3 is 2.23 bits per heavy atom. The summed E-state index contributed by atoms with van der Waals surface area (Å²) in [5.74, 6) is -7.90. The lowest BCUT2D eigenvalue weighted by atomic mass is 9.41. The summed E-state index contributed by atoms with van der Waals surface area (Å²) in [6, 6.07) is 0. The maximum Gasteiger partial charge on any atom is 0.341 e. The second-order valence-electron chi connectivity index (χ2n) is 15.9. The molecule has 0 aromatic heterocycles. The molecule has 0 aromatic carbocycles. The summed E-state index contributed by atoms with van der Waals surface area (Å²) in [5.41, 5.74) is -5.36. The van der Waals surface area contributed by atoms with Crippen LogP contribution < -0.4 is 0 Å². The number of Topliss-reactive ketones (excluding diaryl/α,β-unsaturated/α-hetero) is 1. The number of ketones is 1. The van der Waals surface area contributed by atoms with E-state index in [0.717, 1.165) is 0 Å². The molecule has 3 aliphatic heterocycles. The number of fused-ring (bicyclic) bond motifs is 9. The largest absolute Gasteiger partial charge is 0.462 e. The summed E-state index contributed by atoms with van der Waals surface area (Å²) in [5, 5.41) is 36.3. The minimum absolute atomic E-state index is 0.256. The number of hydrogen-bond acceptors (Lipinski definition) is 12. The number of carbonyl (C=O) groups is 4. The molecule has 5 saturated carbocycles. The van der Waals surface area contributed by atoms with Crippen LogP contribution in [0.1, 0.15) is 61.3 Å². The third-order valence-corrected chi connectivity index (χ3v) is 14.5. The van der Waals surface area contributed by atoms with E-state index in [1.807, 2.05) is 20.8 Å². The average Bonchev–Trinajstić information content (AvgIpc) is 3.83. The van der Waals surface area contributed by atoms with Gasteiger partial charge >= 0.3 is 17.9 Å². The number of esters is 3. The Balaban J connectivity index is 1.32. The van der Waals surface area contributed by atoms with Gasteiger partial charge in [0.15, 0.2) is 11.4 Å². The van der Waals surface area contributed by atoms with Crippen molar-refractivity contribution in [1.82, 2.24) is 0 Å². The summed E-state index contributed by atoms with van der Waals surface area (Å²) in [4.78, 5) is 52.4. The van der Waals surface area contributed by atoms with Gasteiger partial charge in [-0.15, -0.1) is 0 Å². The molecule has 0 aromatic rings. The van der Waals surface area contributed by atoms with E-state index in [2.05, 4.69) is 0 Å². The summed E-state index contributed by atoms with van der Waals surface area (Å²) in [6.45, 7) is 11.5. The molecule has 3 heterocycles. The molecule has 12 heteroatoms. The number of aliphatic hydroxyl groups is 3. The second-order valence-corrected chi connectivity index (χ2v) is 15.9. The Hall–Kier alpha value is -2.12. The fourth-order valence-electron chi connectivity index (χ4n) is 12.5. The van der Waals surface area contributed by atoms with Gasteiger partial charge in [-0.2, -0.15) is 0 Å². The van der Waals surface area contributed by atoms with Gasteiger partial charge < -0.3 is 39.0 Å². The molecule has 0 radical (unpaired) electrons. The van der Waals surface area contributed by atoms with Crippen LogP contribution in [0.25, 0.3) is 0 Å².